The maximum Gasteiger partial charge on any atom is 0.261 e. The molecular weight excluding hydrogens is 248 g/mol. The van der Waals surface area contributed by atoms with Crippen LogP contribution in [0.3, 0.4) is 0 Å². The first-order valence-electron chi connectivity index (χ1n) is 5.07. The van der Waals surface area contributed by atoms with Crippen molar-refractivity contribution >= 4 is 19.7 Å². The van der Waals surface area contributed by atoms with Crippen LogP contribution in [0.15, 0.2) is 29.2 Å². The minimum atomic E-state index is -3.67. The molecule has 3 nitrogen and oxygen atoms in total. The van der Waals surface area contributed by atoms with E-state index in [1.165, 1.54) is 12.1 Å². The molecule has 0 heterocycles. The van der Waals surface area contributed by atoms with Crippen molar-refractivity contribution in [2.24, 2.45) is 5.92 Å². The van der Waals surface area contributed by atoms with E-state index in [2.05, 4.69) is 13.8 Å². The smallest absolute Gasteiger partial charge is 0.261 e. The monoisotopic (exact) mass is 262 g/mol. The molecule has 16 heavy (non-hydrogen) atoms. The molecule has 0 N–H and O–H groups in total. The molecule has 90 valence electrons. The molecule has 5 heteroatoms. The molecule has 0 saturated heterocycles. The summed E-state index contributed by atoms with van der Waals surface area (Å²) in [4.78, 5) is 0.0659. The number of hydrogen-bond donors (Lipinski definition) is 0. The van der Waals surface area contributed by atoms with Gasteiger partial charge in [-0.05, 0) is 24.5 Å². The fourth-order valence-corrected chi connectivity index (χ4v) is 1.91. The molecule has 1 aromatic rings. The molecule has 0 fully saturated rings. The maximum atomic E-state index is 11.1. The van der Waals surface area contributed by atoms with Crippen LogP contribution < -0.4 is 4.74 Å². The molecule has 0 aromatic heterocycles. The van der Waals surface area contributed by atoms with Crippen LogP contribution in [0.25, 0.3) is 0 Å². The van der Waals surface area contributed by atoms with Gasteiger partial charge < -0.3 is 4.74 Å². The summed E-state index contributed by atoms with van der Waals surface area (Å²) in [7, 11) is 1.56. The first-order valence-corrected chi connectivity index (χ1v) is 7.38. The normalized spacial score (nSPS) is 11.8. The van der Waals surface area contributed by atoms with Gasteiger partial charge in [-0.15, -0.1) is 0 Å². The van der Waals surface area contributed by atoms with Crippen LogP contribution in [0.4, 0.5) is 0 Å². The van der Waals surface area contributed by atoms with E-state index in [1.54, 1.807) is 12.1 Å². The van der Waals surface area contributed by atoms with Crippen molar-refractivity contribution in [1.29, 1.82) is 0 Å². The molecule has 1 aromatic carbocycles. The standard InChI is InChI=1S/C11H15ClO3S/c1-9(2)6-7-15-10-4-3-5-11(8-10)16(12,13)14/h3-5,8-9H,6-7H2,1-2H3. The maximum absolute atomic E-state index is 11.1. The molecule has 0 aliphatic heterocycles. The second kappa shape index (κ2) is 5.55. The Hall–Kier alpha value is -0.740. The van der Waals surface area contributed by atoms with Gasteiger partial charge in [-0.3, -0.25) is 0 Å². The second-order valence-corrected chi connectivity index (χ2v) is 6.51. The number of hydrogen-bond acceptors (Lipinski definition) is 3. The SMILES string of the molecule is CC(C)CCOc1cccc(S(=O)(=O)Cl)c1. The highest BCUT2D eigenvalue weighted by atomic mass is 35.7. The largest absolute Gasteiger partial charge is 0.494 e. The summed E-state index contributed by atoms with van der Waals surface area (Å²) in [6, 6.07) is 6.20. The summed E-state index contributed by atoms with van der Waals surface area (Å²) in [5.41, 5.74) is 0. The van der Waals surface area contributed by atoms with Crippen molar-refractivity contribution < 1.29 is 13.2 Å². The highest BCUT2D eigenvalue weighted by Gasteiger charge is 2.10. The number of ether oxygens (including phenoxy) is 1. The molecule has 0 radical (unpaired) electrons. The fourth-order valence-electron chi connectivity index (χ4n) is 1.13. The summed E-state index contributed by atoms with van der Waals surface area (Å²) in [6.45, 7) is 4.77. The predicted octanol–water partition coefficient (Wildman–Crippen LogP) is 3.04. The third-order valence-electron chi connectivity index (χ3n) is 2.05. The molecule has 0 atom stereocenters. The predicted molar refractivity (Wildman–Crippen MR) is 64.4 cm³/mol. The fraction of sp³-hybridized carbons (Fsp3) is 0.455. The Morgan fingerprint density at radius 3 is 2.62 bits per heavy atom. The van der Waals surface area contributed by atoms with Crippen LogP contribution in [-0.2, 0) is 9.05 Å². The van der Waals surface area contributed by atoms with E-state index in [9.17, 15) is 8.42 Å². The molecular formula is C11H15ClO3S. The average Bonchev–Trinajstić information content (AvgIpc) is 2.16. The van der Waals surface area contributed by atoms with Crippen LogP contribution >= 0.6 is 10.7 Å². The highest BCUT2D eigenvalue weighted by molar-refractivity contribution is 8.13. The lowest BCUT2D eigenvalue weighted by molar-refractivity contribution is 0.289. The Morgan fingerprint density at radius 2 is 2.06 bits per heavy atom. The lowest BCUT2D eigenvalue weighted by Gasteiger charge is -2.08. The van der Waals surface area contributed by atoms with Crippen LogP contribution in [0.5, 0.6) is 5.75 Å². The van der Waals surface area contributed by atoms with Gasteiger partial charge in [0.1, 0.15) is 5.75 Å². The molecule has 0 amide bonds. The van der Waals surface area contributed by atoms with Gasteiger partial charge in [0, 0.05) is 16.7 Å². The van der Waals surface area contributed by atoms with Gasteiger partial charge >= 0.3 is 0 Å². The topological polar surface area (TPSA) is 43.4 Å². The van der Waals surface area contributed by atoms with Gasteiger partial charge in [-0.1, -0.05) is 19.9 Å². The number of benzene rings is 1. The van der Waals surface area contributed by atoms with E-state index < -0.39 is 9.05 Å². The first kappa shape index (κ1) is 13.3. The molecule has 0 bridgehead atoms. The zero-order chi connectivity index (χ0) is 12.2. The second-order valence-electron chi connectivity index (χ2n) is 3.94. The molecule has 1 rings (SSSR count). The van der Waals surface area contributed by atoms with E-state index in [-0.39, 0.29) is 4.90 Å². The van der Waals surface area contributed by atoms with Gasteiger partial charge in [0.15, 0.2) is 0 Å². The Morgan fingerprint density at radius 1 is 1.38 bits per heavy atom. The van der Waals surface area contributed by atoms with E-state index >= 15 is 0 Å². The molecule has 0 aliphatic carbocycles. The molecule has 0 saturated carbocycles. The Bertz CT molecular complexity index is 440. The summed E-state index contributed by atoms with van der Waals surface area (Å²) in [6.07, 6.45) is 0.928. The van der Waals surface area contributed by atoms with Gasteiger partial charge in [-0.2, -0.15) is 0 Å². The Labute approximate surface area is 101 Å². The van der Waals surface area contributed by atoms with Gasteiger partial charge in [0.05, 0.1) is 11.5 Å². The van der Waals surface area contributed by atoms with Gasteiger partial charge in [0.25, 0.3) is 9.05 Å². The van der Waals surface area contributed by atoms with Crippen molar-refractivity contribution in [3.8, 4) is 5.75 Å². The first-order chi connectivity index (χ1) is 7.39. The molecule has 0 aliphatic rings. The van der Waals surface area contributed by atoms with E-state index in [1.807, 2.05) is 0 Å². The third-order valence-corrected chi connectivity index (χ3v) is 3.40. The van der Waals surface area contributed by atoms with Crippen LogP contribution in [0, 0.1) is 5.92 Å². The van der Waals surface area contributed by atoms with Crippen molar-refractivity contribution in [3.05, 3.63) is 24.3 Å². The van der Waals surface area contributed by atoms with E-state index in [0.717, 1.165) is 6.42 Å². The Balaban J connectivity index is 2.69. The van der Waals surface area contributed by atoms with Gasteiger partial charge in [0.2, 0.25) is 0 Å². The Kier molecular flexibility index (Phi) is 4.62. The lowest BCUT2D eigenvalue weighted by atomic mass is 10.1. The average molecular weight is 263 g/mol. The highest BCUT2D eigenvalue weighted by Crippen LogP contribution is 2.20. The van der Waals surface area contributed by atoms with Crippen molar-refractivity contribution in [2.45, 2.75) is 25.2 Å². The summed E-state index contributed by atoms with van der Waals surface area (Å²) in [5, 5.41) is 0. The van der Waals surface area contributed by atoms with Crippen molar-refractivity contribution in [2.75, 3.05) is 6.61 Å². The van der Waals surface area contributed by atoms with Crippen LogP contribution in [0.1, 0.15) is 20.3 Å². The van der Waals surface area contributed by atoms with Crippen molar-refractivity contribution in [3.63, 3.8) is 0 Å². The van der Waals surface area contributed by atoms with Crippen LogP contribution in [-0.4, -0.2) is 15.0 Å². The van der Waals surface area contributed by atoms with Crippen LogP contribution in [0.2, 0.25) is 0 Å². The minimum absolute atomic E-state index is 0.0659. The quantitative estimate of drug-likeness (QED) is 0.766. The zero-order valence-corrected chi connectivity index (χ0v) is 10.9. The number of halogens is 1. The summed E-state index contributed by atoms with van der Waals surface area (Å²) >= 11 is 0. The zero-order valence-electron chi connectivity index (χ0n) is 9.31. The van der Waals surface area contributed by atoms with Gasteiger partial charge in [-0.25, -0.2) is 8.42 Å². The van der Waals surface area contributed by atoms with E-state index in [0.29, 0.717) is 18.3 Å². The molecule has 0 unspecified atom stereocenters. The third kappa shape index (κ3) is 4.41. The molecule has 0 spiro atoms. The van der Waals surface area contributed by atoms with E-state index in [4.69, 9.17) is 15.4 Å². The summed E-state index contributed by atoms with van der Waals surface area (Å²) < 4.78 is 27.6. The minimum Gasteiger partial charge on any atom is -0.494 e. The summed E-state index contributed by atoms with van der Waals surface area (Å²) in [5.74, 6) is 1.09. The number of rotatable bonds is 5. The van der Waals surface area contributed by atoms with Crippen molar-refractivity contribution in [1.82, 2.24) is 0 Å². The lowest BCUT2D eigenvalue weighted by Crippen LogP contribution is -2.02.